The second-order valence-corrected chi connectivity index (χ2v) is 5.92. The number of hydrogen-bond acceptors (Lipinski definition) is 3. The van der Waals surface area contributed by atoms with Crippen molar-refractivity contribution in [1.82, 2.24) is 10.2 Å². The van der Waals surface area contributed by atoms with Gasteiger partial charge in [-0.3, -0.25) is 9.59 Å². The fourth-order valence-corrected chi connectivity index (χ4v) is 2.77. The van der Waals surface area contributed by atoms with Crippen LogP contribution in [0.2, 0.25) is 0 Å². The molecule has 0 aliphatic rings. The average Bonchev–Trinajstić information content (AvgIpc) is 3.05. The first-order valence-electron chi connectivity index (χ1n) is 7.28. The molecule has 0 atom stereocenters. The van der Waals surface area contributed by atoms with Gasteiger partial charge in [0.25, 0.3) is 5.91 Å². The SMILES string of the molecule is CC(=O)N(CCNC(=O)c1cccs1)CCc1ccccc1. The van der Waals surface area contributed by atoms with Gasteiger partial charge in [0, 0.05) is 26.6 Å². The van der Waals surface area contributed by atoms with Crippen molar-refractivity contribution in [2.24, 2.45) is 0 Å². The molecule has 0 aliphatic heterocycles. The predicted molar refractivity (Wildman–Crippen MR) is 89.1 cm³/mol. The van der Waals surface area contributed by atoms with Crippen LogP contribution in [-0.2, 0) is 11.2 Å². The van der Waals surface area contributed by atoms with Gasteiger partial charge in [-0.1, -0.05) is 36.4 Å². The highest BCUT2D eigenvalue weighted by Crippen LogP contribution is 2.07. The van der Waals surface area contributed by atoms with E-state index in [1.54, 1.807) is 17.9 Å². The van der Waals surface area contributed by atoms with E-state index in [1.807, 2.05) is 29.6 Å². The van der Waals surface area contributed by atoms with Crippen LogP contribution in [-0.4, -0.2) is 36.3 Å². The molecule has 1 aromatic carbocycles. The van der Waals surface area contributed by atoms with Crippen molar-refractivity contribution in [2.75, 3.05) is 19.6 Å². The lowest BCUT2D eigenvalue weighted by molar-refractivity contribution is -0.128. The lowest BCUT2D eigenvalue weighted by Gasteiger charge is -2.21. The van der Waals surface area contributed by atoms with E-state index < -0.39 is 0 Å². The summed E-state index contributed by atoms with van der Waals surface area (Å²) in [6.45, 7) is 3.21. The van der Waals surface area contributed by atoms with E-state index in [-0.39, 0.29) is 11.8 Å². The number of hydrogen-bond donors (Lipinski definition) is 1. The molecule has 2 aromatic rings. The van der Waals surface area contributed by atoms with Gasteiger partial charge in [-0.25, -0.2) is 0 Å². The standard InChI is InChI=1S/C17H20N2O2S/c1-14(20)19(11-9-15-6-3-2-4-7-15)12-10-18-17(21)16-8-5-13-22-16/h2-8,13H,9-12H2,1H3,(H,18,21). The number of amides is 2. The first-order valence-corrected chi connectivity index (χ1v) is 8.16. The van der Waals surface area contributed by atoms with Crippen LogP contribution in [0.15, 0.2) is 47.8 Å². The van der Waals surface area contributed by atoms with Crippen LogP contribution >= 0.6 is 11.3 Å². The second-order valence-electron chi connectivity index (χ2n) is 4.97. The molecule has 5 heteroatoms. The van der Waals surface area contributed by atoms with E-state index in [4.69, 9.17) is 0 Å². The Balaban J connectivity index is 1.77. The van der Waals surface area contributed by atoms with Crippen LogP contribution < -0.4 is 5.32 Å². The first kappa shape index (κ1) is 16.2. The monoisotopic (exact) mass is 316 g/mol. The van der Waals surface area contributed by atoms with E-state index in [9.17, 15) is 9.59 Å². The van der Waals surface area contributed by atoms with Crippen molar-refractivity contribution in [2.45, 2.75) is 13.3 Å². The van der Waals surface area contributed by atoms with Crippen LogP contribution in [0.1, 0.15) is 22.2 Å². The maximum atomic E-state index is 11.8. The van der Waals surface area contributed by atoms with Crippen LogP contribution in [0.5, 0.6) is 0 Å². The van der Waals surface area contributed by atoms with E-state index in [1.165, 1.54) is 16.9 Å². The molecule has 0 fully saturated rings. The summed E-state index contributed by atoms with van der Waals surface area (Å²) < 4.78 is 0. The molecule has 22 heavy (non-hydrogen) atoms. The molecular weight excluding hydrogens is 296 g/mol. The maximum absolute atomic E-state index is 11.8. The van der Waals surface area contributed by atoms with Gasteiger partial charge in [-0.05, 0) is 23.4 Å². The van der Waals surface area contributed by atoms with Gasteiger partial charge in [-0.15, -0.1) is 11.3 Å². The molecule has 1 heterocycles. The van der Waals surface area contributed by atoms with Gasteiger partial charge >= 0.3 is 0 Å². The molecule has 0 saturated heterocycles. The Bertz CT molecular complexity index is 596. The Hall–Kier alpha value is -2.14. The summed E-state index contributed by atoms with van der Waals surface area (Å²) in [4.78, 5) is 26.0. The molecule has 1 N–H and O–H groups in total. The zero-order chi connectivity index (χ0) is 15.8. The van der Waals surface area contributed by atoms with Gasteiger partial charge in [0.15, 0.2) is 0 Å². The first-order chi connectivity index (χ1) is 10.7. The maximum Gasteiger partial charge on any atom is 0.261 e. The Morgan fingerprint density at radius 3 is 2.50 bits per heavy atom. The molecule has 2 rings (SSSR count). The van der Waals surface area contributed by atoms with E-state index in [2.05, 4.69) is 17.4 Å². The molecule has 1 aromatic heterocycles. The van der Waals surface area contributed by atoms with E-state index >= 15 is 0 Å². The third kappa shape index (κ3) is 5.00. The zero-order valence-electron chi connectivity index (χ0n) is 12.6. The van der Waals surface area contributed by atoms with E-state index in [0.717, 1.165) is 6.42 Å². The Morgan fingerprint density at radius 2 is 1.86 bits per heavy atom. The summed E-state index contributed by atoms with van der Waals surface area (Å²) in [7, 11) is 0. The molecule has 0 saturated carbocycles. The third-order valence-corrected chi connectivity index (χ3v) is 4.24. The summed E-state index contributed by atoms with van der Waals surface area (Å²) in [6.07, 6.45) is 0.819. The number of thiophene rings is 1. The summed E-state index contributed by atoms with van der Waals surface area (Å²) >= 11 is 1.41. The minimum absolute atomic E-state index is 0.0290. The number of rotatable bonds is 7. The molecule has 0 aliphatic carbocycles. The molecule has 0 spiro atoms. The molecule has 0 radical (unpaired) electrons. The highest BCUT2D eigenvalue weighted by molar-refractivity contribution is 7.12. The largest absolute Gasteiger partial charge is 0.350 e. The van der Waals surface area contributed by atoms with Crippen LogP contribution in [0.4, 0.5) is 0 Å². The zero-order valence-corrected chi connectivity index (χ0v) is 13.4. The highest BCUT2D eigenvalue weighted by atomic mass is 32.1. The summed E-state index contributed by atoms with van der Waals surface area (Å²) in [5, 5.41) is 4.72. The average molecular weight is 316 g/mol. The van der Waals surface area contributed by atoms with Gasteiger partial charge in [0.2, 0.25) is 5.91 Å². The Labute approximate surface area is 134 Å². The lowest BCUT2D eigenvalue weighted by Crippen LogP contribution is -2.38. The predicted octanol–water partition coefficient (Wildman–Crippen LogP) is 2.57. The van der Waals surface area contributed by atoms with Gasteiger partial charge < -0.3 is 10.2 Å². The molecule has 4 nitrogen and oxygen atoms in total. The molecule has 0 bridgehead atoms. The van der Waals surface area contributed by atoms with Crippen molar-refractivity contribution >= 4 is 23.2 Å². The summed E-state index contributed by atoms with van der Waals surface area (Å²) in [5.41, 5.74) is 1.20. The number of carbonyl (C=O) groups is 2. The number of benzene rings is 1. The minimum Gasteiger partial charge on any atom is -0.350 e. The van der Waals surface area contributed by atoms with Gasteiger partial charge in [0.1, 0.15) is 0 Å². The molecule has 116 valence electrons. The van der Waals surface area contributed by atoms with Crippen LogP contribution in [0, 0.1) is 0 Å². The normalized spacial score (nSPS) is 10.2. The van der Waals surface area contributed by atoms with E-state index in [0.29, 0.717) is 24.5 Å². The number of nitrogens with one attached hydrogen (secondary N) is 1. The minimum atomic E-state index is -0.0819. The van der Waals surface area contributed by atoms with Crippen LogP contribution in [0.3, 0.4) is 0 Å². The summed E-state index contributed by atoms with van der Waals surface area (Å²) in [5.74, 6) is -0.0529. The molecular formula is C17H20N2O2S. The molecule has 0 unspecified atom stereocenters. The van der Waals surface area contributed by atoms with Crippen molar-refractivity contribution in [3.05, 3.63) is 58.3 Å². The number of carbonyl (C=O) groups excluding carboxylic acids is 2. The Kier molecular flexibility index (Phi) is 6.15. The topological polar surface area (TPSA) is 49.4 Å². The highest BCUT2D eigenvalue weighted by Gasteiger charge is 2.10. The quantitative estimate of drug-likeness (QED) is 0.853. The molecule has 2 amide bonds. The van der Waals surface area contributed by atoms with Crippen molar-refractivity contribution in [3.63, 3.8) is 0 Å². The van der Waals surface area contributed by atoms with Crippen molar-refractivity contribution in [1.29, 1.82) is 0 Å². The van der Waals surface area contributed by atoms with Crippen LogP contribution in [0.25, 0.3) is 0 Å². The fraction of sp³-hybridized carbons (Fsp3) is 0.294. The Morgan fingerprint density at radius 1 is 1.09 bits per heavy atom. The third-order valence-electron chi connectivity index (χ3n) is 3.37. The lowest BCUT2D eigenvalue weighted by atomic mass is 10.1. The van der Waals surface area contributed by atoms with Crippen molar-refractivity contribution < 1.29 is 9.59 Å². The fourth-order valence-electron chi connectivity index (χ4n) is 2.13. The van der Waals surface area contributed by atoms with Gasteiger partial charge in [0.05, 0.1) is 4.88 Å². The van der Waals surface area contributed by atoms with Gasteiger partial charge in [-0.2, -0.15) is 0 Å². The smallest absolute Gasteiger partial charge is 0.261 e. The van der Waals surface area contributed by atoms with Crippen molar-refractivity contribution in [3.8, 4) is 0 Å². The summed E-state index contributed by atoms with van der Waals surface area (Å²) in [6, 6.07) is 13.7. The number of nitrogens with zero attached hydrogens (tertiary/aromatic N) is 1. The second kappa shape index (κ2) is 8.34.